The molecule has 1 aromatic rings. The Morgan fingerprint density at radius 1 is 1.29 bits per heavy atom. The van der Waals surface area contributed by atoms with Crippen molar-refractivity contribution in [1.29, 1.82) is 0 Å². The number of nitrogens with zero attached hydrogens (tertiary/aromatic N) is 3. The number of rotatable bonds is 3. The van der Waals surface area contributed by atoms with Crippen molar-refractivity contribution in [2.75, 3.05) is 18.0 Å². The van der Waals surface area contributed by atoms with Crippen molar-refractivity contribution in [3.8, 4) is 0 Å². The van der Waals surface area contributed by atoms with Gasteiger partial charge in [0.2, 0.25) is 5.28 Å². The molecular formula is C14H19ClF3N3. The molecule has 2 heterocycles. The van der Waals surface area contributed by atoms with Gasteiger partial charge in [-0.2, -0.15) is 13.2 Å². The number of hydrogen-bond acceptors (Lipinski definition) is 3. The Balaban J connectivity index is 2.16. The van der Waals surface area contributed by atoms with Crippen LogP contribution in [0.5, 0.6) is 0 Å². The highest BCUT2D eigenvalue weighted by molar-refractivity contribution is 6.28. The van der Waals surface area contributed by atoms with Crippen LogP contribution < -0.4 is 4.90 Å². The van der Waals surface area contributed by atoms with E-state index in [1.165, 1.54) is 6.42 Å². The van der Waals surface area contributed by atoms with E-state index in [1.807, 2.05) is 4.90 Å². The predicted molar refractivity (Wildman–Crippen MR) is 76.5 cm³/mol. The first-order valence-corrected chi connectivity index (χ1v) is 7.64. The van der Waals surface area contributed by atoms with Crippen molar-refractivity contribution in [3.05, 3.63) is 17.0 Å². The highest BCUT2D eigenvalue weighted by Crippen LogP contribution is 2.31. The van der Waals surface area contributed by atoms with E-state index in [2.05, 4.69) is 16.9 Å². The van der Waals surface area contributed by atoms with Gasteiger partial charge in [0.05, 0.1) is 0 Å². The highest BCUT2D eigenvalue weighted by atomic mass is 35.5. The summed E-state index contributed by atoms with van der Waals surface area (Å²) >= 11 is 5.65. The monoisotopic (exact) mass is 321 g/mol. The molecule has 0 bridgehead atoms. The van der Waals surface area contributed by atoms with Gasteiger partial charge in [0.1, 0.15) is 5.82 Å². The predicted octanol–water partition coefficient (Wildman–Crippen LogP) is 4.56. The zero-order valence-electron chi connectivity index (χ0n) is 12.0. The lowest BCUT2D eigenvalue weighted by Gasteiger charge is -2.22. The van der Waals surface area contributed by atoms with Crippen LogP contribution in [-0.2, 0) is 6.18 Å². The molecule has 7 heteroatoms. The lowest BCUT2D eigenvalue weighted by molar-refractivity contribution is -0.141. The third kappa shape index (κ3) is 4.46. The van der Waals surface area contributed by atoms with Crippen LogP contribution >= 0.6 is 11.6 Å². The summed E-state index contributed by atoms with van der Waals surface area (Å²) in [6.07, 6.45) is 0.881. The Morgan fingerprint density at radius 2 is 2.05 bits per heavy atom. The maximum Gasteiger partial charge on any atom is 0.433 e. The van der Waals surface area contributed by atoms with E-state index in [-0.39, 0.29) is 11.1 Å². The summed E-state index contributed by atoms with van der Waals surface area (Å²) in [6.45, 7) is 3.59. The van der Waals surface area contributed by atoms with Crippen molar-refractivity contribution in [1.82, 2.24) is 9.97 Å². The number of hydrogen-bond donors (Lipinski definition) is 0. The molecule has 1 aliphatic heterocycles. The van der Waals surface area contributed by atoms with E-state index >= 15 is 0 Å². The Bertz CT molecular complexity index is 479. The Hall–Kier alpha value is -1.04. The maximum absolute atomic E-state index is 12.8. The molecule has 0 saturated carbocycles. The molecule has 0 aromatic carbocycles. The maximum atomic E-state index is 12.8. The molecule has 0 amide bonds. The molecule has 0 aliphatic carbocycles. The average molecular weight is 322 g/mol. The minimum Gasteiger partial charge on any atom is -0.356 e. The number of aromatic nitrogens is 2. The molecule has 118 valence electrons. The molecule has 1 unspecified atom stereocenters. The number of halogens is 4. The van der Waals surface area contributed by atoms with Crippen molar-refractivity contribution in [2.24, 2.45) is 5.92 Å². The largest absolute Gasteiger partial charge is 0.433 e. The summed E-state index contributed by atoms with van der Waals surface area (Å²) in [5.74, 6) is 0.930. The standard InChI is InChI=1S/C14H19ClF3N3/c1-2-4-10-5-3-7-21(8-6-10)12-9-11(14(16,17)18)19-13(15)20-12/h9-10H,2-8H2,1H3. The summed E-state index contributed by atoms with van der Waals surface area (Å²) in [4.78, 5) is 9.12. The molecule has 1 aromatic heterocycles. The Morgan fingerprint density at radius 3 is 2.71 bits per heavy atom. The zero-order chi connectivity index (χ0) is 15.5. The molecule has 0 spiro atoms. The molecule has 0 radical (unpaired) electrons. The van der Waals surface area contributed by atoms with E-state index in [4.69, 9.17) is 11.6 Å². The second-order valence-electron chi connectivity index (χ2n) is 5.45. The number of anilines is 1. The first-order valence-electron chi connectivity index (χ1n) is 7.27. The van der Waals surface area contributed by atoms with E-state index in [9.17, 15) is 13.2 Å². The molecule has 2 rings (SSSR count). The van der Waals surface area contributed by atoms with Gasteiger partial charge in [-0.1, -0.05) is 19.8 Å². The topological polar surface area (TPSA) is 29.0 Å². The quantitative estimate of drug-likeness (QED) is 0.764. The van der Waals surface area contributed by atoms with Crippen LogP contribution in [0.3, 0.4) is 0 Å². The van der Waals surface area contributed by atoms with E-state index in [1.54, 1.807) is 0 Å². The van der Waals surface area contributed by atoms with Gasteiger partial charge in [0, 0.05) is 19.2 Å². The second-order valence-corrected chi connectivity index (χ2v) is 5.79. The normalized spacial score (nSPS) is 20.4. The molecule has 1 aliphatic rings. The van der Waals surface area contributed by atoms with Crippen molar-refractivity contribution in [2.45, 2.75) is 45.2 Å². The first kappa shape index (κ1) is 16.3. The van der Waals surface area contributed by atoms with Crippen LogP contribution in [0.25, 0.3) is 0 Å². The lowest BCUT2D eigenvalue weighted by Crippen LogP contribution is -2.26. The van der Waals surface area contributed by atoms with Gasteiger partial charge in [-0.15, -0.1) is 0 Å². The molecule has 1 fully saturated rings. The number of alkyl halides is 3. The summed E-state index contributed by atoms with van der Waals surface area (Å²) < 4.78 is 38.4. The summed E-state index contributed by atoms with van der Waals surface area (Å²) in [5.41, 5.74) is -0.980. The summed E-state index contributed by atoms with van der Waals surface area (Å²) in [7, 11) is 0. The fourth-order valence-corrected chi connectivity index (χ4v) is 2.98. The average Bonchev–Trinajstić information content (AvgIpc) is 2.63. The van der Waals surface area contributed by atoms with Gasteiger partial charge >= 0.3 is 6.18 Å². The van der Waals surface area contributed by atoms with E-state index in [0.717, 1.165) is 38.3 Å². The third-order valence-electron chi connectivity index (χ3n) is 3.84. The highest BCUT2D eigenvalue weighted by Gasteiger charge is 2.34. The zero-order valence-corrected chi connectivity index (χ0v) is 12.7. The molecule has 1 saturated heterocycles. The van der Waals surface area contributed by atoms with Gasteiger partial charge in [0.25, 0.3) is 0 Å². The van der Waals surface area contributed by atoms with Crippen LogP contribution in [0.4, 0.5) is 19.0 Å². The van der Waals surface area contributed by atoms with Gasteiger partial charge < -0.3 is 4.90 Å². The minimum atomic E-state index is -4.50. The van der Waals surface area contributed by atoms with E-state index in [0.29, 0.717) is 12.5 Å². The SMILES string of the molecule is CCCC1CCCN(c2cc(C(F)(F)F)nc(Cl)n2)CC1. The lowest BCUT2D eigenvalue weighted by atomic mass is 9.96. The Labute approximate surface area is 127 Å². The fraction of sp³-hybridized carbons (Fsp3) is 0.714. The van der Waals surface area contributed by atoms with Crippen molar-refractivity contribution in [3.63, 3.8) is 0 Å². The summed E-state index contributed by atoms with van der Waals surface area (Å²) in [5, 5.41) is -0.353. The van der Waals surface area contributed by atoms with Crippen LogP contribution in [0.2, 0.25) is 5.28 Å². The Kier molecular flexibility index (Phi) is 5.30. The summed E-state index contributed by atoms with van der Waals surface area (Å²) in [6, 6.07) is 0.992. The smallest absolute Gasteiger partial charge is 0.356 e. The van der Waals surface area contributed by atoms with Crippen LogP contribution in [0, 0.1) is 5.92 Å². The third-order valence-corrected chi connectivity index (χ3v) is 4.01. The molecule has 0 N–H and O–H groups in total. The van der Waals surface area contributed by atoms with E-state index < -0.39 is 11.9 Å². The van der Waals surface area contributed by atoms with Gasteiger partial charge in [0.15, 0.2) is 5.69 Å². The molecule has 1 atom stereocenters. The van der Waals surface area contributed by atoms with Crippen LogP contribution in [-0.4, -0.2) is 23.1 Å². The fourth-order valence-electron chi connectivity index (χ4n) is 2.80. The molecule has 21 heavy (non-hydrogen) atoms. The van der Waals surface area contributed by atoms with Gasteiger partial charge in [-0.3, -0.25) is 0 Å². The van der Waals surface area contributed by atoms with Crippen molar-refractivity contribution >= 4 is 17.4 Å². The van der Waals surface area contributed by atoms with Gasteiger partial charge in [-0.05, 0) is 36.8 Å². The first-order chi connectivity index (χ1) is 9.90. The second kappa shape index (κ2) is 6.81. The van der Waals surface area contributed by atoms with Crippen LogP contribution in [0.1, 0.15) is 44.7 Å². The van der Waals surface area contributed by atoms with Crippen molar-refractivity contribution < 1.29 is 13.2 Å². The molecular weight excluding hydrogens is 303 g/mol. The minimum absolute atomic E-state index is 0.277. The van der Waals surface area contributed by atoms with Gasteiger partial charge in [-0.25, -0.2) is 9.97 Å². The molecule has 3 nitrogen and oxygen atoms in total. The van der Waals surface area contributed by atoms with Crippen LogP contribution in [0.15, 0.2) is 6.07 Å².